The first kappa shape index (κ1) is 14.7. The Bertz CT molecular complexity index is 174. The summed E-state index contributed by atoms with van der Waals surface area (Å²) in [6.45, 7) is 5.80. The van der Waals surface area contributed by atoms with E-state index < -0.39 is 0 Å². The van der Waals surface area contributed by atoms with Crippen LogP contribution in [0.15, 0.2) is 11.1 Å². The zero-order valence-electron chi connectivity index (χ0n) is 9.40. The van der Waals surface area contributed by atoms with Crippen LogP contribution in [0.3, 0.4) is 0 Å². The molecule has 3 nitrogen and oxygen atoms in total. The number of hydrogen-bond acceptors (Lipinski definition) is 2. The fourth-order valence-corrected chi connectivity index (χ4v) is 0.773. The van der Waals surface area contributed by atoms with Gasteiger partial charge in [-0.25, -0.2) is 0 Å². The number of amides is 1. The Labute approximate surface area is 81.4 Å². The summed E-state index contributed by atoms with van der Waals surface area (Å²) < 4.78 is 0. The van der Waals surface area contributed by atoms with E-state index in [0.29, 0.717) is 5.57 Å². The van der Waals surface area contributed by atoms with Gasteiger partial charge in [-0.1, -0.05) is 18.9 Å². The normalized spacial score (nSPS) is 11.2. The maximum Gasteiger partial charge on any atom is 0.244 e. The minimum atomic E-state index is -0.300. The van der Waals surface area contributed by atoms with Crippen LogP contribution in [-0.4, -0.2) is 20.0 Å². The third-order valence-electron chi connectivity index (χ3n) is 1.63. The molecular formula is C10H22N2O. The molecular weight excluding hydrogens is 164 g/mol. The van der Waals surface area contributed by atoms with Crippen LogP contribution in [0.4, 0.5) is 0 Å². The molecule has 0 aromatic rings. The van der Waals surface area contributed by atoms with Gasteiger partial charge in [0.25, 0.3) is 0 Å². The molecule has 3 N–H and O–H groups in total. The monoisotopic (exact) mass is 186 g/mol. The zero-order chi connectivity index (χ0) is 10.9. The van der Waals surface area contributed by atoms with E-state index in [1.165, 1.54) is 0 Å². The van der Waals surface area contributed by atoms with Crippen LogP contribution >= 0.6 is 0 Å². The Hall–Kier alpha value is -0.830. The van der Waals surface area contributed by atoms with Crippen molar-refractivity contribution in [2.24, 2.45) is 5.73 Å². The summed E-state index contributed by atoms with van der Waals surface area (Å²) in [6.07, 6.45) is 2.03. The first-order valence-corrected chi connectivity index (χ1v) is 4.55. The third-order valence-corrected chi connectivity index (χ3v) is 1.63. The molecule has 0 aromatic heterocycles. The highest BCUT2D eigenvalue weighted by atomic mass is 16.1. The number of allylic oxidation sites excluding steroid dienone is 1. The largest absolute Gasteiger partial charge is 0.366 e. The molecule has 0 bridgehead atoms. The number of nitrogens with one attached hydrogen (secondary N) is 1. The number of rotatable bonds is 3. The molecule has 0 unspecified atom stereocenters. The highest BCUT2D eigenvalue weighted by molar-refractivity contribution is 5.91. The Kier molecular flexibility index (Phi) is 10.5. The summed E-state index contributed by atoms with van der Waals surface area (Å²) in [6, 6.07) is 0. The molecule has 0 fully saturated rings. The SMILES string of the molecule is CCCC(C)=C(C)C(N)=O.CNC. The molecule has 0 saturated heterocycles. The molecule has 3 heteroatoms. The smallest absolute Gasteiger partial charge is 0.244 e. The van der Waals surface area contributed by atoms with Gasteiger partial charge in [-0.05, 0) is 34.4 Å². The predicted molar refractivity (Wildman–Crippen MR) is 57.5 cm³/mol. The summed E-state index contributed by atoms with van der Waals surface area (Å²) in [5.74, 6) is -0.300. The summed E-state index contributed by atoms with van der Waals surface area (Å²) in [5.41, 5.74) is 6.89. The lowest BCUT2D eigenvalue weighted by atomic mass is 10.1. The summed E-state index contributed by atoms with van der Waals surface area (Å²) in [7, 11) is 3.75. The van der Waals surface area contributed by atoms with Crippen molar-refractivity contribution < 1.29 is 4.79 Å². The molecule has 78 valence electrons. The number of carbonyl (C=O) groups is 1. The van der Waals surface area contributed by atoms with Crippen LogP contribution in [0.25, 0.3) is 0 Å². The van der Waals surface area contributed by atoms with E-state index in [9.17, 15) is 4.79 Å². The number of primary amides is 1. The van der Waals surface area contributed by atoms with Gasteiger partial charge in [0.15, 0.2) is 0 Å². The maximum absolute atomic E-state index is 10.6. The second kappa shape index (κ2) is 9.26. The predicted octanol–water partition coefficient (Wildman–Crippen LogP) is 1.44. The lowest BCUT2D eigenvalue weighted by Crippen LogP contribution is -2.13. The van der Waals surface area contributed by atoms with Crippen molar-refractivity contribution in [1.29, 1.82) is 0 Å². The van der Waals surface area contributed by atoms with Gasteiger partial charge in [0, 0.05) is 5.57 Å². The molecule has 0 saturated carbocycles. The van der Waals surface area contributed by atoms with Gasteiger partial charge in [0.2, 0.25) is 5.91 Å². The molecule has 0 rings (SSSR count). The van der Waals surface area contributed by atoms with Crippen molar-refractivity contribution in [3.05, 3.63) is 11.1 Å². The first-order chi connectivity index (χ1) is 6.01. The van der Waals surface area contributed by atoms with Gasteiger partial charge in [0.1, 0.15) is 0 Å². The fraction of sp³-hybridized carbons (Fsp3) is 0.700. The van der Waals surface area contributed by atoms with Crippen molar-refractivity contribution >= 4 is 5.91 Å². The Morgan fingerprint density at radius 1 is 1.31 bits per heavy atom. The Balaban J connectivity index is 0. The first-order valence-electron chi connectivity index (χ1n) is 4.55. The second-order valence-electron chi connectivity index (χ2n) is 3.02. The minimum Gasteiger partial charge on any atom is -0.366 e. The highest BCUT2D eigenvalue weighted by Gasteiger charge is 2.00. The maximum atomic E-state index is 10.6. The molecule has 1 amide bonds. The number of hydrogen-bond donors (Lipinski definition) is 2. The van der Waals surface area contributed by atoms with E-state index in [1.807, 2.05) is 21.0 Å². The summed E-state index contributed by atoms with van der Waals surface area (Å²) in [4.78, 5) is 10.6. The number of carbonyl (C=O) groups excluding carboxylic acids is 1. The molecule has 0 radical (unpaired) electrons. The van der Waals surface area contributed by atoms with Crippen molar-refractivity contribution in [3.8, 4) is 0 Å². The number of nitrogens with two attached hydrogens (primary N) is 1. The van der Waals surface area contributed by atoms with Gasteiger partial charge in [0.05, 0.1) is 0 Å². The van der Waals surface area contributed by atoms with Crippen LogP contribution in [0, 0.1) is 0 Å². The van der Waals surface area contributed by atoms with Crippen molar-refractivity contribution in [2.45, 2.75) is 33.6 Å². The topological polar surface area (TPSA) is 55.1 Å². The van der Waals surface area contributed by atoms with E-state index >= 15 is 0 Å². The van der Waals surface area contributed by atoms with E-state index in [4.69, 9.17) is 5.73 Å². The van der Waals surface area contributed by atoms with Crippen molar-refractivity contribution in [1.82, 2.24) is 5.32 Å². The molecule has 0 aromatic carbocycles. The average Bonchev–Trinajstić information content (AvgIpc) is 2.04. The van der Waals surface area contributed by atoms with Gasteiger partial charge >= 0.3 is 0 Å². The van der Waals surface area contributed by atoms with Crippen molar-refractivity contribution in [2.75, 3.05) is 14.1 Å². The van der Waals surface area contributed by atoms with Crippen LogP contribution in [0.2, 0.25) is 0 Å². The van der Waals surface area contributed by atoms with E-state index in [-0.39, 0.29) is 5.91 Å². The molecule has 0 aliphatic heterocycles. The standard InChI is InChI=1S/C8H15NO.C2H7N/c1-4-5-6(2)7(3)8(9)10;1-3-2/h4-5H2,1-3H3,(H2,9,10);3H,1-2H3. The second-order valence-corrected chi connectivity index (χ2v) is 3.02. The van der Waals surface area contributed by atoms with Crippen LogP contribution in [0.1, 0.15) is 33.6 Å². The Morgan fingerprint density at radius 3 is 1.92 bits per heavy atom. The van der Waals surface area contributed by atoms with Gasteiger partial charge in [-0.3, -0.25) is 4.79 Å². The zero-order valence-corrected chi connectivity index (χ0v) is 9.40. The molecule has 0 heterocycles. The van der Waals surface area contributed by atoms with Crippen LogP contribution in [0.5, 0.6) is 0 Å². The van der Waals surface area contributed by atoms with E-state index in [2.05, 4.69) is 12.2 Å². The average molecular weight is 186 g/mol. The lowest BCUT2D eigenvalue weighted by molar-refractivity contribution is -0.114. The van der Waals surface area contributed by atoms with Gasteiger partial charge in [-0.15, -0.1) is 0 Å². The molecule has 0 spiro atoms. The minimum absolute atomic E-state index is 0.300. The van der Waals surface area contributed by atoms with Crippen molar-refractivity contribution in [3.63, 3.8) is 0 Å². The molecule has 13 heavy (non-hydrogen) atoms. The third kappa shape index (κ3) is 9.08. The molecule has 0 aliphatic carbocycles. The Morgan fingerprint density at radius 2 is 1.69 bits per heavy atom. The summed E-state index contributed by atoms with van der Waals surface area (Å²) in [5, 5.41) is 2.75. The quantitative estimate of drug-likeness (QED) is 0.655. The van der Waals surface area contributed by atoms with Gasteiger partial charge < -0.3 is 11.1 Å². The fourth-order valence-electron chi connectivity index (χ4n) is 0.773. The van der Waals surface area contributed by atoms with Crippen LogP contribution in [-0.2, 0) is 4.79 Å². The van der Waals surface area contributed by atoms with E-state index in [1.54, 1.807) is 6.92 Å². The summed E-state index contributed by atoms with van der Waals surface area (Å²) >= 11 is 0. The van der Waals surface area contributed by atoms with Crippen LogP contribution < -0.4 is 11.1 Å². The van der Waals surface area contributed by atoms with Gasteiger partial charge in [-0.2, -0.15) is 0 Å². The molecule has 0 atom stereocenters. The lowest BCUT2D eigenvalue weighted by Gasteiger charge is -2.00. The highest BCUT2D eigenvalue weighted by Crippen LogP contribution is 2.08. The van der Waals surface area contributed by atoms with E-state index in [0.717, 1.165) is 18.4 Å². The molecule has 0 aliphatic rings.